The Hall–Kier alpha value is -1.64. The standard InChI is InChI=1S/C12H15NO2/c1-8-10-7-12(15-3)11(14-2)6-9(10)4-5-13-8/h4-8,13H,1-3H3/t8-/m0/s1. The minimum absolute atomic E-state index is 0.310. The Bertz CT molecular complexity index is 399. The molecule has 0 radical (unpaired) electrons. The van der Waals surface area contributed by atoms with Gasteiger partial charge in [0.15, 0.2) is 11.5 Å². The zero-order valence-electron chi connectivity index (χ0n) is 9.20. The molecule has 1 N–H and O–H groups in total. The molecule has 0 amide bonds. The van der Waals surface area contributed by atoms with Gasteiger partial charge < -0.3 is 14.8 Å². The molecule has 15 heavy (non-hydrogen) atoms. The van der Waals surface area contributed by atoms with Crippen molar-refractivity contribution in [2.75, 3.05) is 14.2 Å². The third-order valence-electron chi connectivity index (χ3n) is 2.66. The molecule has 0 fully saturated rings. The maximum atomic E-state index is 5.27. The van der Waals surface area contributed by atoms with Crippen LogP contribution in [0.1, 0.15) is 24.1 Å². The van der Waals surface area contributed by atoms with Gasteiger partial charge in [0.25, 0.3) is 0 Å². The van der Waals surface area contributed by atoms with Crippen LogP contribution in [0.25, 0.3) is 6.08 Å². The summed E-state index contributed by atoms with van der Waals surface area (Å²) in [4.78, 5) is 0. The molecule has 3 heteroatoms. The van der Waals surface area contributed by atoms with Crippen molar-refractivity contribution in [3.63, 3.8) is 0 Å². The molecule has 1 aromatic rings. The normalized spacial score (nSPS) is 17.9. The van der Waals surface area contributed by atoms with Gasteiger partial charge in [-0.1, -0.05) is 0 Å². The number of methoxy groups -OCH3 is 2. The summed E-state index contributed by atoms with van der Waals surface area (Å²) in [5.41, 5.74) is 2.41. The Morgan fingerprint density at radius 2 is 1.80 bits per heavy atom. The second-order valence-electron chi connectivity index (χ2n) is 3.56. The van der Waals surface area contributed by atoms with Gasteiger partial charge in [0.2, 0.25) is 0 Å². The van der Waals surface area contributed by atoms with E-state index in [-0.39, 0.29) is 0 Å². The Morgan fingerprint density at radius 3 is 2.47 bits per heavy atom. The van der Waals surface area contributed by atoms with Crippen LogP contribution in [0.5, 0.6) is 11.5 Å². The monoisotopic (exact) mass is 205 g/mol. The lowest BCUT2D eigenvalue weighted by atomic mass is 9.98. The lowest BCUT2D eigenvalue weighted by Crippen LogP contribution is -2.16. The summed E-state index contributed by atoms with van der Waals surface area (Å²) in [6.07, 6.45) is 4.00. The van der Waals surface area contributed by atoms with E-state index in [1.165, 1.54) is 11.1 Å². The van der Waals surface area contributed by atoms with Gasteiger partial charge in [0.1, 0.15) is 0 Å². The van der Waals surface area contributed by atoms with Crippen LogP contribution in [0.3, 0.4) is 0 Å². The lowest BCUT2D eigenvalue weighted by Gasteiger charge is -2.21. The molecule has 0 spiro atoms. The van der Waals surface area contributed by atoms with Crippen molar-refractivity contribution in [2.24, 2.45) is 0 Å². The van der Waals surface area contributed by atoms with Gasteiger partial charge in [0.05, 0.1) is 14.2 Å². The molecular weight excluding hydrogens is 190 g/mol. The molecule has 1 aromatic carbocycles. The van der Waals surface area contributed by atoms with Crippen LogP contribution in [0.4, 0.5) is 0 Å². The summed E-state index contributed by atoms with van der Waals surface area (Å²) in [5, 5.41) is 3.25. The first kappa shape index (κ1) is 9.90. The van der Waals surface area contributed by atoms with Crippen molar-refractivity contribution in [3.05, 3.63) is 29.5 Å². The Morgan fingerprint density at radius 1 is 1.13 bits per heavy atom. The highest BCUT2D eigenvalue weighted by atomic mass is 16.5. The molecule has 1 aliphatic heterocycles. The van der Waals surface area contributed by atoms with Crippen molar-refractivity contribution in [1.29, 1.82) is 0 Å². The number of rotatable bonds is 2. The summed E-state index contributed by atoms with van der Waals surface area (Å²) in [5.74, 6) is 1.55. The number of ether oxygens (including phenoxy) is 2. The largest absolute Gasteiger partial charge is 0.493 e. The molecule has 3 nitrogen and oxygen atoms in total. The smallest absolute Gasteiger partial charge is 0.161 e. The van der Waals surface area contributed by atoms with E-state index in [9.17, 15) is 0 Å². The molecule has 0 aromatic heterocycles. The van der Waals surface area contributed by atoms with Crippen LogP contribution in [0, 0.1) is 0 Å². The van der Waals surface area contributed by atoms with Crippen molar-refractivity contribution in [1.82, 2.24) is 5.32 Å². The first-order chi connectivity index (χ1) is 7.26. The van der Waals surface area contributed by atoms with Crippen LogP contribution >= 0.6 is 0 Å². The van der Waals surface area contributed by atoms with E-state index in [4.69, 9.17) is 9.47 Å². The van der Waals surface area contributed by atoms with E-state index in [2.05, 4.69) is 12.2 Å². The number of benzene rings is 1. The first-order valence-electron chi connectivity index (χ1n) is 4.94. The van der Waals surface area contributed by atoms with Gasteiger partial charge in [-0.25, -0.2) is 0 Å². The van der Waals surface area contributed by atoms with E-state index >= 15 is 0 Å². The second-order valence-corrected chi connectivity index (χ2v) is 3.56. The first-order valence-corrected chi connectivity index (χ1v) is 4.94. The van der Waals surface area contributed by atoms with Crippen LogP contribution < -0.4 is 14.8 Å². The molecule has 0 bridgehead atoms. The van der Waals surface area contributed by atoms with Gasteiger partial charge in [-0.2, -0.15) is 0 Å². The van der Waals surface area contributed by atoms with E-state index in [0.717, 1.165) is 11.5 Å². The maximum Gasteiger partial charge on any atom is 0.161 e. The van der Waals surface area contributed by atoms with Crippen molar-refractivity contribution in [3.8, 4) is 11.5 Å². The molecule has 80 valence electrons. The summed E-state index contributed by atoms with van der Waals surface area (Å²) in [7, 11) is 3.31. The predicted molar refractivity (Wildman–Crippen MR) is 60.1 cm³/mol. The Labute approximate surface area is 89.7 Å². The highest BCUT2D eigenvalue weighted by Crippen LogP contribution is 2.35. The topological polar surface area (TPSA) is 30.5 Å². The van der Waals surface area contributed by atoms with E-state index in [1.54, 1.807) is 14.2 Å². The highest BCUT2D eigenvalue weighted by molar-refractivity contribution is 5.62. The average Bonchev–Trinajstić information content (AvgIpc) is 2.28. The minimum Gasteiger partial charge on any atom is -0.493 e. The van der Waals surface area contributed by atoms with Crippen LogP contribution in [-0.2, 0) is 0 Å². The van der Waals surface area contributed by atoms with Gasteiger partial charge in [-0.3, -0.25) is 0 Å². The van der Waals surface area contributed by atoms with Gasteiger partial charge >= 0.3 is 0 Å². The number of hydrogen-bond donors (Lipinski definition) is 1. The maximum absolute atomic E-state index is 5.27. The molecule has 0 unspecified atom stereocenters. The second kappa shape index (κ2) is 3.85. The van der Waals surface area contributed by atoms with Crippen molar-refractivity contribution in [2.45, 2.75) is 13.0 Å². The quantitative estimate of drug-likeness (QED) is 0.803. The zero-order valence-corrected chi connectivity index (χ0v) is 9.20. The average molecular weight is 205 g/mol. The SMILES string of the molecule is COc1cc2c(cc1OC)[C@H](C)NC=C2. The summed E-state index contributed by atoms with van der Waals surface area (Å²) < 4.78 is 10.5. The third-order valence-corrected chi connectivity index (χ3v) is 2.66. The molecule has 1 aliphatic rings. The van der Waals surface area contributed by atoms with Crippen LogP contribution in [0.15, 0.2) is 18.3 Å². The van der Waals surface area contributed by atoms with Crippen molar-refractivity contribution >= 4 is 6.08 Å². The fourth-order valence-electron chi connectivity index (χ4n) is 1.80. The Kier molecular flexibility index (Phi) is 2.54. The number of fused-ring (bicyclic) bond motifs is 1. The number of hydrogen-bond acceptors (Lipinski definition) is 3. The van der Waals surface area contributed by atoms with E-state index < -0.39 is 0 Å². The number of nitrogens with one attached hydrogen (secondary N) is 1. The van der Waals surface area contributed by atoms with Gasteiger partial charge in [0, 0.05) is 6.04 Å². The lowest BCUT2D eigenvalue weighted by molar-refractivity contribution is 0.354. The minimum atomic E-state index is 0.310. The van der Waals surface area contributed by atoms with Crippen LogP contribution in [-0.4, -0.2) is 14.2 Å². The fraction of sp³-hybridized carbons (Fsp3) is 0.333. The molecule has 0 saturated carbocycles. The van der Waals surface area contributed by atoms with Crippen LogP contribution in [0.2, 0.25) is 0 Å². The highest BCUT2D eigenvalue weighted by Gasteiger charge is 2.15. The third kappa shape index (κ3) is 1.65. The van der Waals surface area contributed by atoms with Gasteiger partial charge in [-0.05, 0) is 42.5 Å². The summed E-state index contributed by atoms with van der Waals surface area (Å²) in [6.45, 7) is 2.12. The van der Waals surface area contributed by atoms with Crippen molar-refractivity contribution < 1.29 is 9.47 Å². The summed E-state index contributed by atoms with van der Waals surface area (Å²) >= 11 is 0. The van der Waals surface area contributed by atoms with E-state index in [0.29, 0.717) is 6.04 Å². The summed E-state index contributed by atoms with van der Waals surface area (Å²) in [6, 6.07) is 4.34. The van der Waals surface area contributed by atoms with E-state index in [1.807, 2.05) is 24.4 Å². The molecule has 2 rings (SSSR count). The molecule has 1 atom stereocenters. The Balaban J connectivity index is 2.54. The fourth-order valence-corrected chi connectivity index (χ4v) is 1.80. The predicted octanol–water partition coefficient (Wildman–Crippen LogP) is 2.34. The molecular formula is C12H15NO2. The zero-order chi connectivity index (χ0) is 10.8. The van der Waals surface area contributed by atoms with Gasteiger partial charge in [-0.15, -0.1) is 0 Å². The molecule has 0 saturated heterocycles. The molecule has 1 heterocycles. The molecule has 0 aliphatic carbocycles.